The molecule has 6 heteroatoms. The Balaban J connectivity index is 1.82. The lowest BCUT2D eigenvalue weighted by Crippen LogP contribution is -2.36. The van der Waals surface area contributed by atoms with Crippen LogP contribution in [0.25, 0.3) is 0 Å². The maximum atomic E-state index is 12.5. The number of nitrogens with one attached hydrogen (secondary N) is 1. The van der Waals surface area contributed by atoms with Crippen molar-refractivity contribution in [2.75, 3.05) is 13.2 Å². The number of amides is 3. The summed E-state index contributed by atoms with van der Waals surface area (Å²) in [7, 11) is 0. The van der Waals surface area contributed by atoms with Gasteiger partial charge in [0.1, 0.15) is 0 Å². The van der Waals surface area contributed by atoms with E-state index in [2.05, 4.69) is 5.32 Å². The van der Waals surface area contributed by atoms with Gasteiger partial charge in [-0.3, -0.25) is 19.3 Å². The Hall–Kier alpha value is -2.21. The maximum absolute atomic E-state index is 12.5. The Morgan fingerprint density at radius 1 is 1.30 bits per heavy atom. The van der Waals surface area contributed by atoms with Gasteiger partial charge in [0.2, 0.25) is 0 Å². The number of benzene rings is 1. The minimum absolute atomic E-state index is 0.00380. The van der Waals surface area contributed by atoms with E-state index in [9.17, 15) is 14.4 Å². The lowest BCUT2D eigenvalue weighted by atomic mass is 10.1. The highest BCUT2D eigenvalue weighted by Gasteiger charge is 2.37. The molecule has 2 heterocycles. The van der Waals surface area contributed by atoms with Gasteiger partial charge in [-0.2, -0.15) is 0 Å². The molecule has 2 aliphatic heterocycles. The molecule has 1 unspecified atom stereocenters. The third kappa shape index (κ3) is 2.99. The summed E-state index contributed by atoms with van der Waals surface area (Å²) in [5.41, 5.74) is 1.04. The molecule has 2 aliphatic rings. The van der Waals surface area contributed by atoms with Crippen LogP contribution in [-0.2, 0) is 4.74 Å². The van der Waals surface area contributed by atoms with Crippen LogP contribution in [0.5, 0.6) is 0 Å². The molecule has 0 aromatic heterocycles. The number of fused-ring (bicyclic) bond motifs is 1. The predicted octanol–water partition coefficient (Wildman–Crippen LogP) is 1.60. The van der Waals surface area contributed by atoms with Crippen LogP contribution in [0.1, 0.15) is 57.8 Å². The third-order valence-electron chi connectivity index (χ3n) is 4.06. The summed E-state index contributed by atoms with van der Waals surface area (Å²) < 4.78 is 5.51. The molecule has 1 aromatic carbocycles. The fraction of sp³-hybridized carbons (Fsp3) is 0.471. The first-order valence-electron chi connectivity index (χ1n) is 7.90. The number of imide groups is 1. The highest BCUT2D eigenvalue weighted by atomic mass is 16.5. The summed E-state index contributed by atoms with van der Waals surface area (Å²) in [5.74, 6) is -0.906. The van der Waals surface area contributed by atoms with Gasteiger partial charge in [-0.25, -0.2) is 0 Å². The summed E-state index contributed by atoms with van der Waals surface area (Å²) in [6.45, 7) is 4.68. The average Bonchev–Trinajstić information content (AvgIpc) is 3.10. The van der Waals surface area contributed by atoms with E-state index < -0.39 is 0 Å². The van der Waals surface area contributed by atoms with Crippen LogP contribution in [0, 0.1) is 0 Å². The van der Waals surface area contributed by atoms with E-state index in [-0.39, 0.29) is 36.4 Å². The second-order valence-electron chi connectivity index (χ2n) is 6.24. The third-order valence-corrected chi connectivity index (χ3v) is 4.06. The van der Waals surface area contributed by atoms with Gasteiger partial charge in [-0.1, -0.05) is 0 Å². The standard InChI is InChI=1S/C17H20N2O4/c1-10(2)18-15(20)11-5-6-13-14(8-11)17(22)19(16(13)21)9-12-4-3-7-23-12/h5-6,8,10,12H,3-4,7,9H2,1-2H3,(H,18,20). The van der Waals surface area contributed by atoms with Crippen molar-refractivity contribution in [2.24, 2.45) is 0 Å². The lowest BCUT2D eigenvalue weighted by Gasteiger charge is -2.17. The van der Waals surface area contributed by atoms with E-state index in [0.29, 0.717) is 23.3 Å². The largest absolute Gasteiger partial charge is 0.376 e. The van der Waals surface area contributed by atoms with E-state index in [1.54, 1.807) is 12.1 Å². The predicted molar refractivity (Wildman–Crippen MR) is 83.4 cm³/mol. The smallest absolute Gasteiger partial charge is 0.261 e. The van der Waals surface area contributed by atoms with Crippen molar-refractivity contribution in [1.29, 1.82) is 0 Å². The fourth-order valence-electron chi connectivity index (χ4n) is 2.94. The molecule has 1 N–H and O–H groups in total. The van der Waals surface area contributed by atoms with Crippen LogP contribution in [0.2, 0.25) is 0 Å². The van der Waals surface area contributed by atoms with E-state index in [0.717, 1.165) is 12.8 Å². The number of ether oxygens (including phenoxy) is 1. The molecule has 23 heavy (non-hydrogen) atoms. The SMILES string of the molecule is CC(C)NC(=O)c1ccc2c(c1)C(=O)N(CC1CCCO1)C2=O. The van der Waals surface area contributed by atoms with E-state index in [4.69, 9.17) is 4.74 Å². The zero-order valence-electron chi connectivity index (χ0n) is 13.3. The Labute approximate surface area is 134 Å². The molecule has 3 amide bonds. The Kier molecular flexibility index (Phi) is 4.17. The van der Waals surface area contributed by atoms with Crippen molar-refractivity contribution in [3.05, 3.63) is 34.9 Å². The average molecular weight is 316 g/mol. The molecule has 0 spiro atoms. The second kappa shape index (κ2) is 6.12. The molecule has 0 bridgehead atoms. The van der Waals surface area contributed by atoms with Crippen molar-refractivity contribution >= 4 is 17.7 Å². The number of carbonyl (C=O) groups is 3. The minimum atomic E-state index is -0.348. The number of hydrogen-bond donors (Lipinski definition) is 1. The Morgan fingerprint density at radius 2 is 2.04 bits per heavy atom. The summed E-state index contributed by atoms with van der Waals surface area (Å²) in [6.07, 6.45) is 1.73. The van der Waals surface area contributed by atoms with Gasteiger partial charge in [0.05, 0.1) is 23.8 Å². The first kappa shape index (κ1) is 15.7. The highest BCUT2D eigenvalue weighted by molar-refractivity contribution is 6.22. The zero-order valence-corrected chi connectivity index (χ0v) is 13.3. The normalized spacial score (nSPS) is 20.3. The van der Waals surface area contributed by atoms with Gasteiger partial charge in [-0.15, -0.1) is 0 Å². The quantitative estimate of drug-likeness (QED) is 0.856. The molecule has 3 rings (SSSR count). The van der Waals surface area contributed by atoms with Gasteiger partial charge >= 0.3 is 0 Å². The summed E-state index contributed by atoms with van der Waals surface area (Å²) >= 11 is 0. The topological polar surface area (TPSA) is 75.7 Å². The summed E-state index contributed by atoms with van der Waals surface area (Å²) in [4.78, 5) is 38.2. The van der Waals surface area contributed by atoms with E-state index >= 15 is 0 Å². The molecule has 6 nitrogen and oxygen atoms in total. The van der Waals surface area contributed by atoms with Crippen LogP contribution < -0.4 is 5.32 Å². The monoisotopic (exact) mass is 316 g/mol. The van der Waals surface area contributed by atoms with Crippen molar-refractivity contribution in [3.8, 4) is 0 Å². The highest BCUT2D eigenvalue weighted by Crippen LogP contribution is 2.26. The van der Waals surface area contributed by atoms with Crippen LogP contribution in [0.4, 0.5) is 0 Å². The van der Waals surface area contributed by atoms with Crippen LogP contribution >= 0.6 is 0 Å². The van der Waals surface area contributed by atoms with Crippen LogP contribution in [0.15, 0.2) is 18.2 Å². The molecular formula is C17H20N2O4. The Bertz CT molecular complexity index is 663. The van der Waals surface area contributed by atoms with E-state index in [1.165, 1.54) is 11.0 Å². The molecule has 0 saturated carbocycles. The van der Waals surface area contributed by atoms with Gasteiger partial charge in [0.15, 0.2) is 0 Å². The Morgan fingerprint density at radius 3 is 2.70 bits per heavy atom. The zero-order chi connectivity index (χ0) is 16.6. The van der Waals surface area contributed by atoms with Gasteiger partial charge in [0.25, 0.3) is 17.7 Å². The van der Waals surface area contributed by atoms with Crippen molar-refractivity contribution in [2.45, 2.75) is 38.8 Å². The number of carbonyl (C=O) groups excluding carboxylic acids is 3. The van der Waals surface area contributed by atoms with Crippen LogP contribution in [-0.4, -0.2) is 47.9 Å². The van der Waals surface area contributed by atoms with Crippen LogP contribution in [0.3, 0.4) is 0 Å². The van der Waals surface area contributed by atoms with Gasteiger partial charge in [0, 0.05) is 18.2 Å². The molecule has 122 valence electrons. The molecular weight excluding hydrogens is 296 g/mol. The summed E-state index contributed by atoms with van der Waals surface area (Å²) in [5, 5.41) is 2.78. The van der Waals surface area contributed by atoms with Crippen molar-refractivity contribution in [1.82, 2.24) is 10.2 Å². The number of hydrogen-bond acceptors (Lipinski definition) is 4. The number of rotatable bonds is 4. The van der Waals surface area contributed by atoms with Crippen molar-refractivity contribution in [3.63, 3.8) is 0 Å². The number of nitrogens with zero attached hydrogens (tertiary/aromatic N) is 1. The molecule has 0 aliphatic carbocycles. The molecule has 1 saturated heterocycles. The maximum Gasteiger partial charge on any atom is 0.261 e. The van der Waals surface area contributed by atoms with Gasteiger partial charge < -0.3 is 10.1 Å². The lowest BCUT2D eigenvalue weighted by molar-refractivity contribution is 0.0475. The second-order valence-corrected chi connectivity index (χ2v) is 6.24. The molecule has 0 radical (unpaired) electrons. The first-order valence-corrected chi connectivity index (χ1v) is 7.90. The molecule has 1 aromatic rings. The first-order chi connectivity index (χ1) is 11.0. The molecule has 1 fully saturated rings. The fourth-order valence-corrected chi connectivity index (χ4v) is 2.94. The van der Waals surface area contributed by atoms with Gasteiger partial charge in [-0.05, 0) is 44.9 Å². The summed E-state index contributed by atoms with van der Waals surface area (Å²) in [6, 6.07) is 4.64. The minimum Gasteiger partial charge on any atom is -0.376 e. The molecule has 1 atom stereocenters. The van der Waals surface area contributed by atoms with Crippen molar-refractivity contribution < 1.29 is 19.1 Å². The van der Waals surface area contributed by atoms with E-state index in [1.807, 2.05) is 13.8 Å².